The van der Waals surface area contributed by atoms with Crippen molar-refractivity contribution in [3.05, 3.63) is 65.5 Å². The molecule has 0 unspecified atom stereocenters. The number of nitrogens with zero attached hydrogens (tertiary/aromatic N) is 3. The Hall–Kier alpha value is -4.01. The number of carbonyl (C=O) groups is 2. The summed E-state index contributed by atoms with van der Waals surface area (Å²) >= 11 is 0. The lowest BCUT2D eigenvalue weighted by atomic mass is 10.2. The average molecular weight is 393 g/mol. The number of aromatic nitrogens is 3. The van der Waals surface area contributed by atoms with Crippen molar-refractivity contribution in [1.29, 1.82) is 0 Å². The quantitative estimate of drug-likeness (QED) is 0.661. The first-order chi connectivity index (χ1) is 14.0. The van der Waals surface area contributed by atoms with Gasteiger partial charge < -0.3 is 9.47 Å². The maximum absolute atomic E-state index is 12.5. The first-order valence-corrected chi connectivity index (χ1v) is 8.62. The van der Waals surface area contributed by atoms with Crippen LogP contribution in [0, 0.1) is 6.92 Å². The van der Waals surface area contributed by atoms with Crippen molar-refractivity contribution < 1.29 is 19.1 Å². The van der Waals surface area contributed by atoms with Crippen molar-refractivity contribution in [2.24, 2.45) is 0 Å². The lowest BCUT2D eigenvalue weighted by Gasteiger charge is -2.09. The minimum absolute atomic E-state index is 0.0197. The van der Waals surface area contributed by atoms with Gasteiger partial charge in [-0.2, -0.15) is 15.0 Å². The lowest BCUT2D eigenvalue weighted by molar-refractivity contribution is 0.101. The third-order valence-electron chi connectivity index (χ3n) is 3.86. The Labute approximate surface area is 167 Å². The summed E-state index contributed by atoms with van der Waals surface area (Å²) < 4.78 is 10.2. The largest absolute Gasteiger partial charge is 0.497 e. The molecule has 0 bridgehead atoms. The molecule has 2 N–H and O–H groups in total. The van der Waals surface area contributed by atoms with Crippen LogP contribution in [-0.2, 0) is 0 Å². The molecule has 0 saturated heterocycles. The van der Waals surface area contributed by atoms with Gasteiger partial charge in [-0.05, 0) is 43.3 Å². The van der Waals surface area contributed by atoms with E-state index in [2.05, 4.69) is 25.6 Å². The molecular weight excluding hydrogens is 374 g/mol. The summed E-state index contributed by atoms with van der Waals surface area (Å²) in [5.74, 6) is 0.644. The summed E-state index contributed by atoms with van der Waals surface area (Å²) in [6, 6.07) is 13.3. The smallest absolute Gasteiger partial charge is 0.258 e. The number of ether oxygens (including phenoxy) is 2. The zero-order chi connectivity index (χ0) is 20.8. The Morgan fingerprint density at radius 2 is 1.21 bits per heavy atom. The first-order valence-electron chi connectivity index (χ1n) is 8.62. The number of nitrogens with one attached hydrogen (secondary N) is 2. The second-order valence-electron chi connectivity index (χ2n) is 5.90. The van der Waals surface area contributed by atoms with Crippen LogP contribution in [-0.4, -0.2) is 41.0 Å². The van der Waals surface area contributed by atoms with E-state index in [1.165, 1.54) is 14.2 Å². The molecule has 0 fully saturated rings. The summed E-state index contributed by atoms with van der Waals surface area (Å²) in [5, 5.41) is 5.19. The summed E-state index contributed by atoms with van der Waals surface area (Å²) in [4.78, 5) is 37.2. The zero-order valence-electron chi connectivity index (χ0n) is 16.1. The topological polar surface area (TPSA) is 115 Å². The van der Waals surface area contributed by atoms with Gasteiger partial charge in [0, 0.05) is 11.1 Å². The third-order valence-corrected chi connectivity index (χ3v) is 3.86. The highest BCUT2D eigenvalue weighted by Gasteiger charge is 2.13. The molecule has 2 aromatic carbocycles. The predicted octanol–water partition coefficient (Wildman–Crippen LogP) is 2.70. The van der Waals surface area contributed by atoms with Gasteiger partial charge in [0.2, 0.25) is 11.9 Å². The normalized spacial score (nSPS) is 10.2. The van der Waals surface area contributed by atoms with Crippen LogP contribution in [0.2, 0.25) is 0 Å². The van der Waals surface area contributed by atoms with E-state index in [0.29, 0.717) is 28.5 Å². The number of benzene rings is 2. The number of carbonyl (C=O) groups excluding carboxylic acids is 2. The van der Waals surface area contributed by atoms with Gasteiger partial charge >= 0.3 is 0 Å². The molecule has 3 aromatic rings. The molecule has 29 heavy (non-hydrogen) atoms. The van der Waals surface area contributed by atoms with Gasteiger partial charge in [0.05, 0.1) is 14.2 Å². The number of aryl methyl sites for hydroxylation is 1. The van der Waals surface area contributed by atoms with Crippen molar-refractivity contribution in [2.45, 2.75) is 6.92 Å². The van der Waals surface area contributed by atoms with E-state index >= 15 is 0 Å². The van der Waals surface area contributed by atoms with Crippen LogP contribution in [0.3, 0.4) is 0 Å². The first kappa shape index (κ1) is 19.7. The summed E-state index contributed by atoms with van der Waals surface area (Å²) in [7, 11) is 3.03. The minimum Gasteiger partial charge on any atom is -0.497 e. The lowest BCUT2D eigenvalue weighted by Crippen LogP contribution is -2.19. The Balaban J connectivity index is 1.77. The molecule has 1 aromatic heterocycles. The predicted molar refractivity (Wildman–Crippen MR) is 106 cm³/mol. The van der Waals surface area contributed by atoms with Gasteiger partial charge in [-0.1, -0.05) is 12.1 Å². The van der Waals surface area contributed by atoms with Crippen LogP contribution in [0.5, 0.6) is 11.5 Å². The second kappa shape index (κ2) is 8.79. The molecule has 9 heteroatoms. The molecule has 2 amide bonds. The molecule has 0 atom stereocenters. The molecule has 3 rings (SSSR count). The van der Waals surface area contributed by atoms with E-state index in [4.69, 9.17) is 9.47 Å². The van der Waals surface area contributed by atoms with Gasteiger partial charge in [-0.3, -0.25) is 20.2 Å². The number of hydrogen-bond acceptors (Lipinski definition) is 7. The number of hydrogen-bond donors (Lipinski definition) is 2. The van der Waals surface area contributed by atoms with Crippen molar-refractivity contribution in [3.63, 3.8) is 0 Å². The molecule has 0 radical (unpaired) electrons. The molecule has 148 valence electrons. The van der Waals surface area contributed by atoms with Gasteiger partial charge in [0.1, 0.15) is 17.3 Å². The monoisotopic (exact) mass is 393 g/mol. The van der Waals surface area contributed by atoms with E-state index < -0.39 is 11.8 Å². The van der Waals surface area contributed by atoms with Crippen LogP contribution in [0.15, 0.2) is 48.5 Å². The van der Waals surface area contributed by atoms with Crippen molar-refractivity contribution in [3.8, 4) is 11.5 Å². The Morgan fingerprint density at radius 3 is 1.62 bits per heavy atom. The summed E-state index contributed by atoms with van der Waals surface area (Å²) in [6.45, 7) is 1.63. The fourth-order valence-corrected chi connectivity index (χ4v) is 2.47. The molecule has 0 saturated carbocycles. The highest BCUT2D eigenvalue weighted by Crippen LogP contribution is 2.16. The van der Waals surface area contributed by atoms with Gasteiger partial charge in [-0.15, -0.1) is 0 Å². The SMILES string of the molecule is COc1cccc(C(=O)Nc2nc(C)nc(NC(=O)c3cccc(OC)c3)n2)c1. The standard InChI is InChI=1S/C20H19N5O4/c1-12-21-19(23-17(26)13-6-4-8-15(10-13)28-2)25-20(22-12)24-18(27)14-7-5-9-16(11-14)29-3/h4-11H,1-3H3,(H2,21,22,23,24,25,26,27). The average Bonchev–Trinajstić information content (AvgIpc) is 2.73. The number of rotatable bonds is 6. The highest BCUT2D eigenvalue weighted by molar-refractivity contribution is 6.04. The molecule has 9 nitrogen and oxygen atoms in total. The Kier molecular flexibility index (Phi) is 5.98. The molecule has 0 spiro atoms. The van der Waals surface area contributed by atoms with Gasteiger partial charge in [0.15, 0.2) is 0 Å². The van der Waals surface area contributed by atoms with Crippen molar-refractivity contribution in [1.82, 2.24) is 15.0 Å². The van der Waals surface area contributed by atoms with E-state index in [0.717, 1.165) is 0 Å². The van der Waals surface area contributed by atoms with Gasteiger partial charge in [-0.25, -0.2) is 0 Å². The maximum Gasteiger partial charge on any atom is 0.258 e. The van der Waals surface area contributed by atoms with Gasteiger partial charge in [0.25, 0.3) is 11.8 Å². The number of methoxy groups -OCH3 is 2. The fourth-order valence-electron chi connectivity index (χ4n) is 2.47. The van der Waals surface area contributed by atoms with Crippen LogP contribution >= 0.6 is 0 Å². The third kappa shape index (κ3) is 5.04. The zero-order valence-corrected chi connectivity index (χ0v) is 16.1. The molecule has 0 aliphatic rings. The van der Waals surface area contributed by atoms with E-state index in [1.54, 1.807) is 55.5 Å². The summed E-state index contributed by atoms with van der Waals surface area (Å²) in [6.07, 6.45) is 0. The Morgan fingerprint density at radius 1 is 0.759 bits per heavy atom. The molecular formula is C20H19N5O4. The van der Waals surface area contributed by atoms with E-state index in [9.17, 15) is 9.59 Å². The highest BCUT2D eigenvalue weighted by atomic mass is 16.5. The number of amides is 2. The molecule has 0 aliphatic carbocycles. The van der Waals surface area contributed by atoms with E-state index in [-0.39, 0.29) is 11.9 Å². The molecule has 0 aliphatic heterocycles. The molecule has 1 heterocycles. The van der Waals surface area contributed by atoms with Crippen LogP contribution in [0.4, 0.5) is 11.9 Å². The van der Waals surface area contributed by atoms with E-state index in [1.807, 2.05) is 0 Å². The minimum atomic E-state index is -0.417. The fraction of sp³-hybridized carbons (Fsp3) is 0.150. The number of anilines is 2. The van der Waals surface area contributed by atoms with Crippen LogP contribution in [0.1, 0.15) is 26.5 Å². The Bertz CT molecular complexity index is 975. The van der Waals surface area contributed by atoms with Crippen molar-refractivity contribution >= 4 is 23.7 Å². The van der Waals surface area contributed by atoms with Crippen LogP contribution < -0.4 is 20.1 Å². The van der Waals surface area contributed by atoms with Crippen molar-refractivity contribution in [2.75, 3.05) is 24.9 Å². The second-order valence-corrected chi connectivity index (χ2v) is 5.90. The summed E-state index contributed by atoms with van der Waals surface area (Å²) in [5.41, 5.74) is 0.758. The van der Waals surface area contributed by atoms with Crippen LogP contribution in [0.25, 0.3) is 0 Å². The maximum atomic E-state index is 12.5.